The van der Waals surface area contributed by atoms with E-state index in [1.807, 2.05) is 0 Å². The van der Waals surface area contributed by atoms with E-state index >= 15 is 0 Å². The molecule has 0 aliphatic heterocycles. The zero-order valence-corrected chi connectivity index (χ0v) is 9.05. The van der Waals surface area contributed by atoms with Crippen molar-refractivity contribution in [1.29, 1.82) is 0 Å². The molecular formula is C9H9BF3O2S-. The van der Waals surface area contributed by atoms with Crippen LogP contribution in [0.2, 0.25) is 0 Å². The van der Waals surface area contributed by atoms with Crippen LogP contribution in [0.3, 0.4) is 0 Å². The van der Waals surface area contributed by atoms with Gasteiger partial charge in [-0.2, -0.15) is 0 Å². The molecule has 1 aliphatic carbocycles. The predicted molar refractivity (Wildman–Crippen MR) is 55.4 cm³/mol. The Morgan fingerprint density at radius 2 is 1.56 bits per heavy atom. The molecule has 0 bridgehead atoms. The van der Waals surface area contributed by atoms with E-state index in [4.69, 9.17) is 0 Å². The molecule has 16 heavy (non-hydrogen) atoms. The van der Waals surface area contributed by atoms with Crippen LogP contribution in [0.4, 0.5) is 12.9 Å². The fraction of sp³-hybridized carbons (Fsp3) is 0.333. The van der Waals surface area contributed by atoms with Crippen molar-refractivity contribution in [2.45, 2.75) is 23.0 Å². The number of halogens is 3. The first-order valence-electron chi connectivity index (χ1n) is 4.85. The van der Waals surface area contributed by atoms with E-state index in [9.17, 15) is 21.4 Å². The highest BCUT2D eigenvalue weighted by atomic mass is 32.2. The van der Waals surface area contributed by atoms with E-state index in [1.165, 1.54) is 0 Å². The first-order chi connectivity index (χ1) is 7.32. The quantitative estimate of drug-likeness (QED) is 0.763. The predicted octanol–water partition coefficient (Wildman–Crippen LogP) is 1.68. The molecule has 88 valence electrons. The lowest BCUT2D eigenvalue weighted by Crippen LogP contribution is -2.33. The summed E-state index contributed by atoms with van der Waals surface area (Å²) in [6.07, 6.45) is 1.21. The second-order valence-corrected chi connectivity index (χ2v) is 6.12. The van der Waals surface area contributed by atoms with Gasteiger partial charge in [0.15, 0.2) is 9.84 Å². The molecule has 0 radical (unpaired) electrons. The molecule has 2 rings (SSSR count). The van der Waals surface area contributed by atoms with Crippen LogP contribution in [0.15, 0.2) is 29.2 Å². The largest absolute Gasteiger partial charge is 0.509 e. The van der Waals surface area contributed by atoms with Crippen LogP contribution in [0, 0.1) is 0 Å². The number of benzene rings is 1. The minimum atomic E-state index is -5.06. The molecule has 2 nitrogen and oxygen atoms in total. The Bertz CT molecular complexity index is 488. The summed E-state index contributed by atoms with van der Waals surface area (Å²) in [6, 6.07) is 3.74. The van der Waals surface area contributed by atoms with Crippen LogP contribution >= 0.6 is 0 Å². The summed E-state index contributed by atoms with van der Waals surface area (Å²) < 4.78 is 60.3. The average Bonchev–Trinajstić information content (AvgIpc) is 3.00. The van der Waals surface area contributed by atoms with Gasteiger partial charge in [-0.25, -0.2) is 8.42 Å². The number of sulfone groups is 1. The Hall–Kier alpha value is -0.975. The zero-order valence-electron chi connectivity index (χ0n) is 8.24. The summed E-state index contributed by atoms with van der Waals surface area (Å²) in [4.78, 5) is -0.0150. The summed E-state index contributed by atoms with van der Waals surface area (Å²) in [6.45, 7) is -5.06. The highest BCUT2D eigenvalue weighted by Gasteiger charge is 2.37. The summed E-state index contributed by atoms with van der Waals surface area (Å²) in [7, 11) is -3.39. The minimum absolute atomic E-state index is 0.0150. The molecular weight excluding hydrogens is 240 g/mol. The molecule has 0 amide bonds. The zero-order chi connectivity index (χ0) is 12.0. The van der Waals surface area contributed by atoms with Crippen molar-refractivity contribution < 1.29 is 21.4 Å². The summed E-state index contributed by atoms with van der Waals surface area (Å²) >= 11 is 0. The van der Waals surface area contributed by atoms with Crippen LogP contribution < -0.4 is 5.46 Å². The number of rotatable bonds is 3. The Kier molecular flexibility index (Phi) is 2.53. The van der Waals surface area contributed by atoms with Crippen LogP contribution in [0.5, 0.6) is 0 Å². The maximum atomic E-state index is 12.3. The molecule has 1 fully saturated rings. The molecule has 0 N–H and O–H groups in total. The van der Waals surface area contributed by atoms with Gasteiger partial charge in [-0.1, -0.05) is 12.1 Å². The van der Waals surface area contributed by atoms with E-state index in [2.05, 4.69) is 0 Å². The lowest BCUT2D eigenvalue weighted by atomic mass is 9.80. The van der Waals surface area contributed by atoms with Crippen LogP contribution in [0.25, 0.3) is 0 Å². The van der Waals surface area contributed by atoms with E-state index < -0.39 is 27.5 Å². The third kappa shape index (κ3) is 2.09. The Balaban J connectivity index is 2.33. The van der Waals surface area contributed by atoms with Crippen molar-refractivity contribution in [2.24, 2.45) is 0 Å². The average molecular weight is 249 g/mol. The van der Waals surface area contributed by atoms with Gasteiger partial charge < -0.3 is 12.9 Å². The Labute approximate surface area is 91.4 Å². The number of hydrogen-bond donors (Lipinski definition) is 0. The van der Waals surface area contributed by atoms with Crippen molar-refractivity contribution in [1.82, 2.24) is 0 Å². The normalized spacial score (nSPS) is 17.4. The summed E-state index contributed by atoms with van der Waals surface area (Å²) in [5.41, 5.74) is -0.769. The SMILES string of the molecule is O=S(=O)(c1ccc([B-](F)(F)F)cc1)C1CC1. The molecule has 1 aromatic rings. The van der Waals surface area contributed by atoms with E-state index in [1.54, 1.807) is 0 Å². The topological polar surface area (TPSA) is 34.1 Å². The second kappa shape index (κ2) is 3.51. The maximum Gasteiger partial charge on any atom is 0.509 e. The van der Waals surface area contributed by atoms with Gasteiger partial charge in [0.2, 0.25) is 0 Å². The van der Waals surface area contributed by atoms with Gasteiger partial charge in [-0.3, -0.25) is 0 Å². The van der Waals surface area contributed by atoms with Gasteiger partial charge >= 0.3 is 6.98 Å². The number of hydrogen-bond acceptors (Lipinski definition) is 2. The van der Waals surface area contributed by atoms with Gasteiger partial charge in [-0.15, -0.1) is 5.46 Å². The van der Waals surface area contributed by atoms with Gasteiger partial charge in [0.05, 0.1) is 10.1 Å². The standard InChI is InChI=1S/C9H9BF3O2S/c11-10(12,13)7-1-3-8(4-2-7)16(14,15)9-5-6-9/h1-4,9H,5-6H2/q-1. The molecule has 1 aliphatic rings. The first-order valence-corrected chi connectivity index (χ1v) is 6.40. The highest BCUT2D eigenvalue weighted by Crippen LogP contribution is 2.33. The lowest BCUT2D eigenvalue weighted by Gasteiger charge is -2.14. The van der Waals surface area contributed by atoms with Gasteiger partial charge in [-0.05, 0) is 25.0 Å². The van der Waals surface area contributed by atoms with Crippen molar-refractivity contribution in [3.63, 3.8) is 0 Å². The Morgan fingerprint density at radius 1 is 1.06 bits per heavy atom. The first kappa shape index (κ1) is 11.5. The Morgan fingerprint density at radius 3 is 1.94 bits per heavy atom. The van der Waals surface area contributed by atoms with E-state index in [0.717, 1.165) is 24.3 Å². The minimum Gasteiger partial charge on any atom is -0.445 e. The molecule has 7 heteroatoms. The second-order valence-electron chi connectivity index (χ2n) is 3.89. The molecule has 1 aromatic carbocycles. The van der Waals surface area contributed by atoms with E-state index in [0.29, 0.717) is 12.8 Å². The van der Waals surface area contributed by atoms with Gasteiger partial charge in [0, 0.05) is 0 Å². The molecule has 0 spiro atoms. The molecule has 0 heterocycles. The third-order valence-electron chi connectivity index (χ3n) is 2.55. The fourth-order valence-corrected chi connectivity index (χ4v) is 3.10. The molecule has 0 aromatic heterocycles. The van der Waals surface area contributed by atoms with Crippen molar-refractivity contribution >= 4 is 22.3 Å². The maximum absolute atomic E-state index is 12.3. The van der Waals surface area contributed by atoms with Crippen molar-refractivity contribution in [3.8, 4) is 0 Å². The molecule has 0 atom stereocenters. The lowest BCUT2D eigenvalue weighted by molar-refractivity contribution is 0.501. The molecule has 0 unspecified atom stereocenters. The smallest absolute Gasteiger partial charge is 0.445 e. The monoisotopic (exact) mass is 249 g/mol. The van der Waals surface area contributed by atoms with Crippen LogP contribution in [-0.2, 0) is 9.84 Å². The van der Waals surface area contributed by atoms with Gasteiger partial charge in [0.25, 0.3) is 0 Å². The van der Waals surface area contributed by atoms with Crippen LogP contribution in [0.1, 0.15) is 12.8 Å². The molecule has 1 saturated carbocycles. The summed E-state index contributed by atoms with van der Waals surface area (Å²) in [5.74, 6) is 0. The van der Waals surface area contributed by atoms with Crippen LogP contribution in [-0.4, -0.2) is 20.6 Å². The highest BCUT2D eigenvalue weighted by molar-refractivity contribution is 7.92. The van der Waals surface area contributed by atoms with Crippen molar-refractivity contribution in [2.75, 3.05) is 0 Å². The van der Waals surface area contributed by atoms with E-state index in [-0.39, 0.29) is 4.90 Å². The summed E-state index contributed by atoms with van der Waals surface area (Å²) in [5, 5.41) is -0.394. The fourth-order valence-electron chi connectivity index (χ4n) is 1.45. The molecule has 0 saturated heterocycles. The van der Waals surface area contributed by atoms with Gasteiger partial charge in [0.1, 0.15) is 0 Å². The third-order valence-corrected chi connectivity index (χ3v) is 4.83. The van der Waals surface area contributed by atoms with Crippen molar-refractivity contribution in [3.05, 3.63) is 24.3 Å².